The molecule has 0 aromatic heterocycles. The minimum absolute atomic E-state index is 0.0183. The van der Waals surface area contributed by atoms with E-state index in [-0.39, 0.29) is 11.8 Å². The lowest BCUT2D eigenvalue weighted by Crippen LogP contribution is -2.31. The summed E-state index contributed by atoms with van der Waals surface area (Å²) in [5.74, 6) is 0.407. The molecule has 0 heterocycles. The van der Waals surface area contributed by atoms with Crippen molar-refractivity contribution in [3.05, 3.63) is 29.8 Å². The predicted octanol–water partition coefficient (Wildman–Crippen LogP) is 2.79. The number of hydrogen-bond donors (Lipinski definition) is 2. The molecule has 0 atom stereocenters. The SMILES string of the molecule is CC(C)CNC(=O)Nc1ccc(CS(=O)(=O)C(C)C)cc1. The van der Waals surface area contributed by atoms with Crippen molar-refractivity contribution in [1.29, 1.82) is 0 Å². The first kappa shape index (κ1) is 17.5. The molecule has 2 N–H and O–H groups in total. The number of urea groups is 1. The monoisotopic (exact) mass is 312 g/mol. The van der Waals surface area contributed by atoms with Crippen LogP contribution in [0, 0.1) is 5.92 Å². The summed E-state index contributed by atoms with van der Waals surface area (Å²) >= 11 is 0. The van der Waals surface area contributed by atoms with Crippen LogP contribution in [0.1, 0.15) is 33.3 Å². The molecule has 0 bridgehead atoms. The van der Waals surface area contributed by atoms with E-state index in [0.717, 1.165) is 5.56 Å². The number of carbonyl (C=O) groups excluding carboxylic acids is 1. The van der Waals surface area contributed by atoms with Gasteiger partial charge in [0.2, 0.25) is 0 Å². The van der Waals surface area contributed by atoms with Crippen LogP contribution >= 0.6 is 0 Å². The minimum Gasteiger partial charge on any atom is -0.338 e. The van der Waals surface area contributed by atoms with E-state index in [1.807, 2.05) is 13.8 Å². The zero-order chi connectivity index (χ0) is 16.0. The van der Waals surface area contributed by atoms with E-state index in [1.54, 1.807) is 38.1 Å². The maximum absolute atomic E-state index is 11.8. The van der Waals surface area contributed by atoms with Gasteiger partial charge in [-0.25, -0.2) is 13.2 Å². The second-order valence-electron chi connectivity index (χ2n) is 5.78. The van der Waals surface area contributed by atoms with E-state index in [1.165, 1.54) is 0 Å². The number of carbonyl (C=O) groups is 1. The van der Waals surface area contributed by atoms with Gasteiger partial charge in [-0.15, -0.1) is 0 Å². The highest BCUT2D eigenvalue weighted by Crippen LogP contribution is 2.14. The van der Waals surface area contributed by atoms with Crippen LogP contribution in [0.25, 0.3) is 0 Å². The van der Waals surface area contributed by atoms with Crippen LogP contribution in [-0.2, 0) is 15.6 Å². The Morgan fingerprint density at radius 1 is 1.10 bits per heavy atom. The van der Waals surface area contributed by atoms with Gasteiger partial charge in [0.15, 0.2) is 9.84 Å². The van der Waals surface area contributed by atoms with E-state index in [4.69, 9.17) is 0 Å². The molecule has 6 heteroatoms. The summed E-state index contributed by atoms with van der Waals surface area (Å²) in [6.07, 6.45) is 0. The van der Waals surface area contributed by atoms with Crippen LogP contribution in [0.2, 0.25) is 0 Å². The smallest absolute Gasteiger partial charge is 0.319 e. The molecule has 0 spiro atoms. The molecular formula is C15H24N2O3S. The molecule has 21 heavy (non-hydrogen) atoms. The summed E-state index contributed by atoms with van der Waals surface area (Å²) in [6.45, 7) is 7.99. The van der Waals surface area contributed by atoms with Crippen molar-refractivity contribution in [3.63, 3.8) is 0 Å². The third-order valence-corrected chi connectivity index (χ3v) is 5.14. The van der Waals surface area contributed by atoms with Crippen molar-refractivity contribution in [2.45, 2.75) is 38.7 Å². The number of hydrogen-bond acceptors (Lipinski definition) is 3. The number of anilines is 1. The van der Waals surface area contributed by atoms with Gasteiger partial charge < -0.3 is 10.6 Å². The summed E-state index contributed by atoms with van der Waals surface area (Å²) in [5, 5.41) is 5.07. The largest absolute Gasteiger partial charge is 0.338 e. The highest BCUT2D eigenvalue weighted by Gasteiger charge is 2.16. The van der Waals surface area contributed by atoms with E-state index in [0.29, 0.717) is 18.2 Å². The van der Waals surface area contributed by atoms with E-state index >= 15 is 0 Å². The molecular weight excluding hydrogens is 288 g/mol. The molecule has 5 nitrogen and oxygen atoms in total. The second kappa shape index (κ2) is 7.45. The number of sulfone groups is 1. The maximum atomic E-state index is 11.8. The third-order valence-electron chi connectivity index (χ3n) is 2.97. The normalized spacial score (nSPS) is 11.7. The van der Waals surface area contributed by atoms with Gasteiger partial charge in [-0.2, -0.15) is 0 Å². The lowest BCUT2D eigenvalue weighted by molar-refractivity contribution is 0.251. The number of amides is 2. The minimum atomic E-state index is -3.10. The van der Waals surface area contributed by atoms with Gasteiger partial charge in [0.1, 0.15) is 0 Å². The average molecular weight is 312 g/mol. The Labute approximate surface area is 127 Å². The van der Waals surface area contributed by atoms with Gasteiger partial charge in [0, 0.05) is 12.2 Å². The lowest BCUT2D eigenvalue weighted by Gasteiger charge is -2.11. The second-order valence-corrected chi connectivity index (χ2v) is 8.34. The standard InChI is InChI=1S/C15H24N2O3S/c1-11(2)9-16-15(18)17-14-7-5-13(6-8-14)10-21(19,20)12(3)4/h5-8,11-12H,9-10H2,1-4H3,(H2,16,17,18). The Balaban J connectivity index is 2.60. The first-order valence-electron chi connectivity index (χ1n) is 7.06. The molecule has 0 radical (unpaired) electrons. The summed E-state index contributed by atoms with van der Waals surface area (Å²) < 4.78 is 23.7. The molecule has 0 aliphatic carbocycles. The van der Waals surface area contributed by atoms with Crippen LogP contribution in [0.15, 0.2) is 24.3 Å². The van der Waals surface area contributed by atoms with Gasteiger partial charge in [0.25, 0.3) is 0 Å². The van der Waals surface area contributed by atoms with E-state index < -0.39 is 15.1 Å². The molecule has 1 aromatic carbocycles. The van der Waals surface area contributed by atoms with Gasteiger partial charge in [-0.3, -0.25) is 0 Å². The van der Waals surface area contributed by atoms with Crippen molar-refractivity contribution < 1.29 is 13.2 Å². The van der Waals surface area contributed by atoms with Gasteiger partial charge in [0.05, 0.1) is 11.0 Å². The molecule has 0 saturated carbocycles. The molecule has 0 unspecified atom stereocenters. The number of benzene rings is 1. The Hall–Kier alpha value is -1.56. The molecule has 0 fully saturated rings. The summed E-state index contributed by atoms with van der Waals surface area (Å²) in [5.41, 5.74) is 1.36. The fourth-order valence-electron chi connectivity index (χ4n) is 1.56. The molecule has 0 aliphatic rings. The first-order valence-corrected chi connectivity index (χ1v) is 8.77. The number of rotatable bonds is 6. The highest BCUT2D eigenvalue weighted by atomic mass is 32.2. The fourth-order valence-corrected chi connectivity index (χ4v) is 2.55. The van der Waals surface area contributed by atoms with Crippen LogP contribution in [0.5, 0.6) is 0 Å². The summed E-state index contributed by atoms with van der Waals surface area (Å²) in [6, 6.07) is 6.60. The van der Waals surface area contributed by atoms with Crippen molar-refractivity contribution in [1.82, 2.24) is 5.32 Å². The van der Waals surface area contributed by atoms with Crippen LogP contribution in [0.3, 0.4) is 0 Å². The van der Waals surface area contributed by atoms with E-state index in [9.17, 15) is 13.2 Å². The zero-order valence-corrected chi connectivity index (χ0v) is 13.8. The van der Waals surface area contributed by atoms with Crippen LogP contribution in [0.4, 0.5) is 10.5 Å². The maximum Gasteiger partial charge on any atom is 0.319 e. The fraction of sp³-hybridized carbons (Fsp3) is 0.533. The van der Waals surface area contributed by atoms with Crippen LogP contribution < -0.4 is 10.6 Å². The topological polar surface area (TPSA) is 75.3 Å². The molecule has 118 valence electrons. The molecule has 1 aromatic rings. The average Bonchev–Trinajstić information content (AvgIpc) is 2.38. The van der Waals surface area contributed by atoms with Crippen molar-refractivity contribution >= 4 is 21.6 Å². The van der Waals surface area contributed by atoms with Crippen molar-refractivity contribution in [2.75, 3.05) is 11.9 Å². The van der Waals surface area contributed by atoms with Gasteiger partial charge >= 0.3 is 6.03 Å². The summed E-state index contributed by atoms with van der Waals surface area (Å²) in [4.78, 5) is 11.6. The molecule has 1 rings (SSSR count). The Kier molecular flexibility index (Phi) is 6.20. The molecule has 2 amide bonds. The van der Waals surface area contributed by atoms with Gasteiger partial charge in [-0.1, -0.05) is 26.0 Å². The van der Waals surface area contributed by atoms with Crippen molar-refractivity contribution in [3.8, 4) is 0 Å². The Morgan fingerprint density at radius 2 is 1.67 bits per heavy atom. The first-order chi connectivity index (χ1) is 9.70. The van der Waals surface area contributed by atoms with Crippen molar-refractivity contribution in [2.24, 2.45) is 5.92 Å². The molecule has 0 saturated heterocycles. The molecule has 0 aliphatic heterocycles. The van der Waals surface area contributed by atoms with Crippen LogP contribution in [-0.4, -0.2) is 26.2 Å². The van der Waals surface area contributed by atoms with E-state index in [2.05, 4.69) is 10.6 Å². The van der Waals surface area contributed by atoms with Gasteiger partial charge in [-0.05, 0) is 37.5 Å². The zero-order valence-electron chi connectivity index (χ0n) is 13.0. The predicted molar refractivity (Wildman–Crippen MR) is 86.1 cm³/mol. The third kappa shape index (κ3) is 6.16. The Morgan fingerprint density at radius 3 is 2.14 bits per heavy atom. The summed E-state index contributed by atoms with van der Waals surface area (Å²) in [7, 11) is -3.10. The lowest BCUT2D eigenvalue weighted by atomic mass is 10.2. The Bertz CT molecular complexity index is 563. The highest BCUT2D eigenvalue weighted by molar-refractivity contribution is 7.91. The number of nitrogens with one attached hydrogen (secondary N) is 2. The quantitative estimate of drug-likeness (QED) is 0.848.